The second-order valence-electron chi connectivity index (χ2n) is 2.21. The SMILES string of the molecule is O=[SH](=O)c1c(F)c(F)c(O)c(F)c1F. The molecule has 1 N–H and O–H groups in total. The molecule has 0 saturated carbocycles. The Kier molecular flexibility index (Phi) is 2.65. The Morgan fingerprint density at radius 3 is 1.50 bits per heavy atom. The van der Waals surface area contributed by atoms with Gasteiger partial charge in [-0.3, -0.25) is 0 Å². The average Bonchev–Trinajstić information content (AvgIpc) is 2.11. The highest BCUT2D eigenvalue weighted by atomic mass is 32.2. The maximum absolute atomic E-state index is 12.6. The van der Waals surface area contributed by atoms with Gasteiger partial charge in [0.1, 0.15) is 4.90 Å². The average molecular weight is 230 g/mol. The van der Waals surface area contributed by atoms with Gasteiger partial charge in [0.15, 0.2) is 28.1 Å². The molecule has 1 aromatic rings. The zero-order valence-corrected chi connectivity index (χ0v) is 7.12. The molecule has 0 radical (unpaired) electrons. The third-order valence-corrected chi connectivity index (χ3v) is 2.16. The van der Waals surface area contributed by atoms with Gasteiger partial charge in [-0.2, -0.15) is 8.78 Å². The number of thiol groups is 1. The van der Waals surface area contributed by atoms with Crippen LogP contribution in [0.1, 0.15) is 0 Å². The number of benzene rings is 1. The van der Waals surface area contributed by atoms with E-state index in [1.54, 1.807) is 0 Å². The molecular weight excluding hydrogens is 228 g/mol. The number of rotatable bonds is 1. The molecule has 8 heteroatoms. The largest absolute Gasteiger partial charge is 0.503 e. The van der Waals surface area contributed by atoms with Crippen LogP contribution >= 0.6 is 0 Å². The van der Waals surface area contributed by atoms with Gasteiger partial charge in [0.05, 0.1) is 0 Å². The van der Waals surface area contributed by atoms with Crippen molar-refractivity contribution in [3.8, 4) is 5.75 Å². The van der Waals surface area contributed by atoms with Crippen molar-refractivity contribution in [2.75, 3.05) is 0 Å². The molecule has 14 heavy (non-hydrogen) atoms. The van der Waals surface area contributed by atoms with E-state index >= 15 is 0 Å². The quantitative estimate of drug-likeness (QED) is 0.428. The van der Waals surface area contributed by atoms with Crippen molar-refractivity contribution in [3.05, 3.63) is 23.3 Å². The lowest BCUT2D eigenvalue weighted by Crippen LogP contribution is -2.01. The van der Waals surface area contributed by atoms with Crippen molar-refractivity contribution in [2.24, 2.45) is 0 Å². The summed E-state index contributed by atoms with van der Waals surface area (Å²) >= 11 is 0. The predicted octanol–water partition coefficient (Wildman–Crippen LogP) is 0.919. The van der Waals surface area contributed by atoms with Gasteiger partial charge in [0.25, 0.3) is 0 Å². The second kappa shape index (κ2) is 3.45. The zero-order valence-electron chi connectivity index (χ0n) is 6.22. The Morgan fingerprint density at radius 1 is 0.857 bits per heavy atom. The van der Waals surface area contributed by atoms with Crippen LogP contribution < -0.4 is 0 Å². The fourth-order valence-electron chi connectivity index (χ4n) is 0.769. The highest BCUT2D eigenvalue weighted by Crippen LogP contribution is 2.29. The van der Waals surface area contributed by atoms with Crippen LogP contribution in [0, 0.1) is 23.3 Å². The third-order valence-electron chi connectivity index (χ3n) is 1.40. The van der Waals surface area contributed by atoms with Crippen molar-refractivity contribution >= 4 is 10.7 Å². The summed E-state index contributed by atoms with van der Waals surface area (Å²) in [7, 11) is -3.82. The Hall–Kier alpha value is -1.31. The molecule has 0 aliphatic carbocycles. The van der Waals surface area contributed by atoms with Crippen LogP contribution in [-0.4, -0.2) is 13.5 Å². The van der Waals surface area contributed by atoms with Crippen LogP contribution in [0.15, 0.2) is 4.90 Å². The van der Waals surface area contributed by atoms with E-state index in [1.165, 1.54) is 0 Å². The fourth-order valence-corrected chi connectivity index (χ4v) is 1.29. The van der Waals surface area contributed by atoms with Crippen LogP contribution in [0.25, 0.3) is 0 Å². The monoisotopic (exact) mass is 230 g/mol. The van der Waals surface area contributed by atoms with Gasteiger partial charge < -0.3 is 5.11 Å². The summed E-state index contributed by atoms with van der Waals surface area (Å²) in [6, 6.07) is 0. The highest BCUT2D eigenvalue weighted by Gasteiger charge is 2.26. The molecule has 0 heterocycles. The second-order valence-corrected chi connectivity index (χ2v) is 3.17. The molecule has 0 unspecified atom stereocenters. The maximum atomic E-state index is 12.6. The first-order valence-corrected chi connectivity index (χ1v) is 4.25. The molecule has 1 rings (SSSR count). The highest BCUT2D eigenvalue weighted by molar-refractivity contribution is 7.72. The van der Waals surface area contributed by atoms with Gasteiger partial charge in [0.2, 0.25) is 11.6 Å². The van der Waals surface area contributed by atoms with E-state index in [0.717, 1.165) is 0 Å². The molecule has 0 bridgehead atoms. The molecule has 78 valence electrons. The van der Waals surface area contributed by atoms with Gasteiger partial charge in [-0.05, 0) is 0 Å². The summed E-state index contributed by atoms with van der Waals surface area (Å²) in [5.41, 5.74) is 0. The minimum absolute atomic E-state index is 1.74. The third kappa shape index (κ3) is 1.41. The topological polar surface area (TPSA) is 54.4 Å². The normalized spacial score (nSPS) is 10.9. The molecular formula is C6H2F4O3S. The van der Waals surface area contributed by atoms with Gasteiger partial charge in [-0.1, -0.05) is 0 Å². The summed E-state index contributed by atoms with van der Waals surface area (Å²) in [6.45, 7) is 0. The van der Waals surface area contributed by atoms with Crippen LogP contribution in [0.3, 0.4) is 0 Å². The smallest absolute Gasteiger partial charge is 0.205 e. The molecule has 0 atom stereocenters. The van der Waals surface area contributed by atoms with Crippen molar-refractivity contribution in [1.82, 2.24) is 0 Å². The molecule has 3 nitrogen and oxygen atoms in total. The van der Waals surface area contributed by atoms with Crippen molar-refractivity contribution in [3.63, 3.8) is 0 Å². The zero-order chi connectivity index (χ0) is 11.0. The standard InChI is InChI=1S/C6H2F4O3S/c7-1-3(9)6(14(12)13)4(10)2(8)5(1)11/h11,14H. The van der Waals surface area contributed by atoms with Crippen LogP contribution in [0.2, 0.25) is 0 Å². The molecule has 0 aromatic heterocycles. The molecule has 1 aromatic carbocycles. The summed E-state index contributed by atoms with van der Waals surface area (Å²) in [5, 5.41) is 8.45. The summed E-state index contributed by atoms with van der Waals surface area (Å²) in [6.07, 6.45) is 0. The van der Waals surface area contributed by atoms with E-state index in [-0.39, 0.29) is 0 Å². The number of phenolic OH excluding ortho intramolecular Hbond substituents is 1. The predicted molar refractivity (Wildman–Crippen MR) is 36.5 cm³/mol. The van der Waals surface area contributed by atoms with Gasteiger partial charge in [-0.25, -0.2) is 17.2 Å². The summed E-state index contributed by atoms with van der Waals surface area (Å²) in [5.74, 6) is -10.5. The van der Waals surface area contributed by atoms with E-state index < -0.39 is 44.6 Å². The first-order valence-electron chi connectivity index (χ1n) is 3.07. The maximum Gasteiger partial charge on any atom is 0.205 e. The van der Waals surface area contributed by atoms with E-state index in [9.17, 15) is 26.0 Å². The Bertz CT molecular complexity index is 432. The Balaban J connectivity index is 3.77. The van der Waals surface area contributed by atoms with E-state index in [0.29, 0.717) is 0 Å². The van der Waals surface area contributed by atoms with Gasteiger partial charge in [-0.15, -0.1) is 0 Å². The first kappa shape index (κ1) is 10.8. The lowest BCUT2D eigenvalue weighted by atomic mass is 10.3. The lowest BCUT2D eigenvalue weighted by Gasteiger charge is -2.02. The molecule has 0 saturated heterocycles. The van der Waals surface area contributed by atoms with Crippen molar-refractivity contribution in [2.45, 2.75) is 4.90 Å². The molecule has 0 aliphatic rings. The summed E-state index contributed by atoms with van der Waals surface area (Å²) in [4.78, 5) is -1.74. The minimum Gasteiger partial charge on any atom is -0.503 e. The Morgan fingerprint density at radius 2 is 1.21 bits per heavy atom. The van der Waals surface area contributed by atoms with E-state index in [4.69, 9.17) is 5.11 Å². The number of hydrogen-bond acceptors (Lipinski definition) is 3. The number of hydrogen-bond donors (Lipinski definition) is 2. The van der Waals surface area contributed by atoms with Crippen LogP contribution in [-0.2, 0) is 10.7 Å². The number of halogens is 4. The van der Waals surface area contributed by atoms with Gasteiger partial charge in [0, 0.05) is 0 Å². The summed E-state index contributed by atoms with van der Waals surface area (Å²) < 4.78 is 70.6. The fraction of sp³-hybridized carbons (Fsp3) is 0. The Labute approximate surface area is 76.5 Å². The minimum atomic E-state index is -3.82. The lowest BCUT2D eigenvalue weighted by molar-refractivity contribution is 0.343. The number of aromatic hydroxyl groups is 1. The molecule has 0 aliphatic heterocycles. The van der Waals surface area contributed by atoms with E-state index in [2.05, 4.69) is 0 Å². The number of phenols is 1. The van der Waals surface area contributed by atoms with Crippen LogP contribution in [0.4, 0.5) is 17.6 Å². The van der Waals surface area contributed by atoms with Crippen molar-refractivity contribution < 1.29 is 31.1 Å². The molecule has 0 spiro atoms. The van der Waals surface area contributed by atoms with Crippen LogP contribution in [0.5, 0.6) is 5.75 Å². The van der Waals surface area contributed by atoms with Gasteiger partial charge >= 0.3 is 0 Å². The molecule has 0 fully saturated rings. The van der Waals surface area contributed by atoms with Crippen molar-refractivity contribution in [1.29, 1.82) is 0 Å². The molecule has 0 amide bonds. The first-order chi connectivity index (χ1) is 6.37. The van der Waals surface area contributed by atoms with E-state index in [1.807, 2.05) is 0 Å².